The molecule has 0 aliphatic rings. The Morgan fingerprint density at radius 3 is 2.47 bits per heavy atom. The van der Waals surface area contributed by atoms with E-state index in [0.717, 1.165) is 17.1 Å². The molecule has 1 heterocycles. The largest absolute Gasteiger partial charge is 0.486 e. The van der Waals surface area contributed by atoms with Gasteiger partial charge in [-0.3, -0.25) is 9.98 Å². The van der Waals surface area contributed by atoms with E-state index in [1.54, 1.807) is 12.4 Å². The Kier molecular flexibility index (Phi) is 3.95. The summed E-state index contributed by atoms with van der Waals surface area (Å²) in [6.07, 6.45) is 3.49. The van der Waals surface area contributed by atoms with Crippen LogP contribution in [-0.4, -0.2) is 16.8 Å². The fourth-order valence-corrected chi connectivity index (χ4v) is 1.57. The quantitative estimate of drug-likeness (QED) is 0.776. The van der Waals surface area contributed by atoms with Gasteiger partial charge in [0.15, 0.2) is 0 Å². The van der Waals surface area contributed by atoms with E-state index >= 15 is 0 Å². The minimum absolute atomic E-state index is 0.239. The molecular weight excluding hydrogens is 236 g/mol. The van der Waals surface area contributed by atoms with Gasteiger partial charge in [-0.25, -0.2) is 0 Å². The van der Waals surface area contributed by atoms with Crippen LogP contribution in [-0.2, 0) is 0 Å². The second-order valence-electron chi connectivity index (χ2n) is 5.19. The van der Waals surface area contributed by atoms with E-state index in [0.29, 0.717) is 0 Å². The van der Waals surface area contributed by atoms with Crippen LogP contribution in [0.5, 0.6) is 5.75 Å². The Balaban J connectivity index is 2.23. The molecule has 19 heavy (non-hydrogen) atoms. The Morgan fingerprint density at radius 1 is 1.05 bits per heavy atom. The Hall–Kier alpha value is -2.16. The number of hydrogen-bond donors (Lipinski definition) is 0. The highest BCUT2D eigenvalue weighted by Gasteiger charge is 2.13. The van der Waals surface area contributed by atoms with Gasteiger partial charge in [0.2, 0.25) is 0 Å². The molecule has 0 N–H and O–H groups in total. The summed E-state index contributed by atoms with van der Waals surface area (Å²) in [5, 5.41) is 0. The lowest BCUT2D eigenvalue weighted by Crippen LogP contribution is -2.22. The minimum Gasteiger partial charge on any atom is -0.486 e. The van der Waals surface area contributed by atoms with Crippen molar-refractivity contribution in [2.24, 2.45) is 4.99 Å². The number of aliphatic imine (C=N–C) groups is 1. The number of ether oxygens (including phenoxy) is 1. The molecule has 0 saturated carbocycles. The maximum absolute atomic E-state index is 5.89. The van der Waals surface area contributed by atoms with E-state index in [1.165, 1.54) is 0 Å². The van der Waals surface area contributed by atoms with E-state index < -0.39 is 0 Å². The molecule has 3 heteroatoms. The van der Waals surface area contributed by atoms with Gasteiger partial charge in [-0.1, -0.05) is 18.2 Å². The predicted molar refractivity (Wildman–Crippen MR) is 78.3 cm³/mol. The van der Waals surface area contributed by atoms with Gasteiger partial charge in [0, 0.05) is 6.20 Å². The molecular formula is C16H18N2O. The predicted octanol–water partition coefficient (Wildman–Crippen LogP) is 4.01. The van der Waals surface area contributed by atoms with Crippen molar-refractivity contribution in [1.82, 2.24) is 4.98 Å². The summed E-state index contributed by atoms with van der Waals surface area (Å²) >= 11 is 0. The van der Waals surface area contributed by atoms with Gasteiger partial charge >= 0.3 is 0 Å². The Morgan fingerprint density at radius 2 is 1.79 bits per heavy atom. The van der Waals surface area contributed by atoms with Crippen LogP contribution in [0.2, 0.25) is 0 Å². The molecule has 0 aliphatic heterocycles. The van der Waals surface area contributed by atoms with Crippen LogP contribution in [0, 0.1) is 0 Å². The van der Waals surface area contributed by atoms with Gasteiger partial charge in [0.1, 0.15) is 17.0 Å². The highest BCUT2D eigenvalue weighted by Crippen LogP contribution is 2.29. The molecule has 0 fully saturated rings. The molecule has 2 aromatic rings. The van der Waals surface area contributed by atoms with E-state index in [-0.39, 0.29) is 5.60 Å². The van der Waals surface area contributed by atoms with E-state index in [9.17, 15) is 0 Å². The first-order chi connectivity index (χ1) is 9.04. The van der Waals surface area contributed by atoms with Crippen molar-refractivity contribution >= 4 is 11.9 Å². The van der Waals surface area contributed by atoms with Gasteiger partial charge in [0.25, 0.3) is 0 Å². The molecule has 2 rings (SSSR count). The van der Waals surface area contributed by atoms with Crippen LogP contribution < -0.4 is 4.74 Å². The summed E-state index contributed by atoms with van der Waals surface area (Å²) in [5.41, 5.74) is 1.40. The normalized spacial score (nSPS) is 11.7. The summed E-state index contributed by atoms with van der Waals surface area (Å²) in [4.78, 5) is 8.66. The maximum atomic E-state index is 5.89. The minimum atomic E-state index is -0.239. The van der Waals surface area contributed by atoms with Crippen molar-refractivity contribution < 1.29 is 4.74 Å². The number of para-hydroxylation sites is 2. The van der Waals surface area contributed by atoms with E-state index in [4.69, 9.17) is 4.74 Å². The number of benzene rings is 1. The van der Waals surface area contributed by atoms with Crippen LogP contribution in [0.3, 0.4) is 0 Å². The molecule has 0 radical (unpaired) electrons. The van der Waals surface area contributed by atoms with Gasteiger partial charge in [-0.05, 0) is 45.0 Å². The van der Waals surface area contributed by atoms with Crippen LogP contribution in [0.4, 0.5) is 5.69 Å². The summed E-state index contributed by atoms with van der Waals surface area (Å²) in [6.45, 7) is 6.06. The lowest BCUT2D eigenvalue weighted by atomic mass is 10.2. The molecule has 0 amide bonds. The molecule has 0 saturated heterocycles. The second-order valence-corrected chi connectivity index (χ2v) is 5.19. The van der Waals surface area contributed by atoms with Crippen LogP contribution >= 0.6 is 0 Å². The second kappa shape index (κ2) is 5.65. The third kappa shape index (κ3) is 4.21. The zero-order valence-electron chi connectivity index (χ0n) is 11.5. The molecule has 0 bridgehead atoms. The average molecular weight is 254 g/mol. The molecule has 0 aliphatic carbocycles. The fraction of sp³-hybridized carbons (Fsp3) is 0.250. The first-order valence-corrected chi connectivity index (χ1v) is 6.28. The highest BCUT2D eigenvalue weighted by atomic mass is 16.5. The summed E-state index contributed by atoms with van der Waals surface area (Å²) < 4.78 is 5.89. The molecule has 1 aromatic carbocycles. The molecule has 98 valence electrons. The zero-order chi connectivity index (χ0) is 13.7. The molecule has 1 aromatic heterocycles. The standard InChI is InChI=1S/C16H18N2O/c1-16(2,3)19-15-10-5-4-9-14(15)18-12-13-8-6-7-11-17-13/h4-12H,1-3H3. The SMILES string of the molecule is CC(C)(C)Oc1ccccc1N=Cc1ccccn1. The number of pyridine rings is 1. The highest BCUT2D eigenvalue weighted by molar-refractivity contribution is 5.80. The Labute approximate surface area is 114 Å². The van der Waals surface area contributed by atoms with Crippen molar-refractivity contribution in [3.8, 4) is 5.75 Å². The monoisotopic (exact) mass is 254 g/mol. The van der Waals surface area contributed by atoms with Crippen molar-refractivity contribution in [3.63, 3.8) is 0 Å². The number of nitrogens with zero attached hydrogens (tertiary/aromatic N) is 2. The lowest BCUT2D eigenvalue weighted by Gasteiger charge is -2.22. The van der Waals surface area contributed by atoms with Crippen LogP contribution in [0.25, 0.3) is 0 Å². The first kappa shape index (κ1) is 13.3. The third-order valence-corrected chi connectivity index (χ3v) is 2.31. The van der Waals surface area contributed by atoms with E-state index in [2.05, 4.69) is 9.98 Å². The van der Waals surface area contributed by atoms with Crippen molar-refractivity contribution in [2.75, 3.05) is 0 Å². The molecule has 0 atom stereocenters. The zero-order valence-corrected chi connectivity index (χ0v) is 11.5. The van der Waals surface area contributed by atoms with Gasteiger partial charge in [-0.15, -0.1) is 0 Å². The average Bonchev–Trinajstić information content (AvgIpc) is 2.37. The van der Waals surface area contributed by atoms with Crippen molar-refractivity contribution in [1.29, 1.82) is 0 Å². The fourth-order valence-electron chi connectivity index (χ4n) is 1.57. The number of aromatic nitrogens is 1. The van der Waals surface area contributed by atoms with Gasteiger partial charge < -0.3 is 4.74 Å². The first-order valence-electron chi connectivity index (χ1n) is 6.28. The van der Waals surface area contributed by atoms with E-state index in [1.807, 2.05) is 63.2 Å². The number of rotatable bonds is 3. The number of hydrogen-bond acceptors (Lipinski definition) is 3. The Bertz CT molecular complexity index is 556. The van der Waals surface area contributed by atoms with Crippen LogP contribution in [0.1, 0.15) is 26.5 Å². The topological polar surface area (TPSA) is 34.5 Å². The maximum Gasteiger partial charge on any atom is 0.145 e. The third-order valence-electron chi connectivity index (χ3n) is 2.31. The van der Waals surface area contributed by atoms with Crippen LogP contribution in [0.15, 0.2) is 53.7 Å². The molecule has 0 unspecified atom stereocenters. The molecule has 0 spiro atoms. The van der Waals surface area contributed by atoms with Crippen molar-refractivity contribution in [2.45, 2.75) is 26.4 Å². The summed E-state index contributed by atoms with van der Waals surface area (Å²) in [7, 11) is 0. The smallest absolute Gasteiger partial charge is 0.145 e. The summed E-state index contributed by atoms with van der Waals surface area (Å²) in [6, 6.07) is 13.5. The van der Waals surface area contributed by atoms with Gasteiger partial charge in [0.05, 0.1) is 11.9 Å². The molecule has 3 nitrogen and oxygen atoms in total. The summed E-state index contributed by atoms with van der Waals surface area (Å²) in [5.74, 6) is 0.780. The van der Waals surface area contributed by atoms with Gasteiger partial charge in [-0.2, -0.15) is 0 Å². The lowest BCUT2D eigenvalue weighted by molar-refractivity contribution is 0.132. The van der Waals surface area contributed by atoms with Crippen molar-refractivity contribution in [3.05, 3.63) is 54.4 Å².